The van der Waals surface area contributed by atoms with Gasteiger partial charge in [0.1, 0.15) is 0 Å². The van der Waals surface area contributed by atoms with Crippen LogP contribution in [0.1, 0.15) is 26.2 Å². The van der Waals surface area contributed by atoms with Crippen LogP contribution >= 0.6 is 7.82 Å². The van der Waals surface area contributed by atoms with Crippen molar-refractivity contribution in [2.75, 3.05) is 6.61 Å². The normalized spacial score (nSPS) is 14.1. The lowest BCUT2D eigenvalue weighted by molar-refractivity contribution is 0.176. The highest BCUT2D eigenvalue weighted by Gasteiger charge is 2.16. The van der Waals surface area contributed by atoms with Crippen molar-refractivity contribution in [3.8, 4) is 0 Å². The van der Waals surface area contributed by atoms with Crippen molar-refractivity contribution in [2.45, 2.75) is 26.2 Å². The highest BCUT2D eigenvalue weighted by Crippen LogP contribution is 2.36. The topological polar surface area (TPSA) is 66.8 Å². The van der Waals surface area contributed by atoms with Crippen LogP contribution in [-0.4, -0.2) is 16.4 Å². The smallest absolute Gasteiger partial charge is 0.303 e. The van der Waals surface area contributed by atoms with Crippen molar-refractivity contribution < 1.29 is 18.9 Å². The van der Waals surface area contributed by atoms with Crippen molar-refractivity contribution in [1.82, 2.24) is 0 Å². The third kappa shape index (κ3) is 8.19. The van der Waals surface area contributed by atoms with Crippen LogP contribution in [0.4, 0.5) is 0 Å². The van der Waals surface area contributed by atoms with Gasteiger partial charge < -0.3 is 9.79 Å². The molecule has 0 aromatic heterocycles. The zero-order valence-corrected chi connectivity index (χ0v) is 8.74. The van der Waals surface area contributed by atoms with Crippen LogP contribution < -0.4 is 0 Å². The molecule has 0 heterocycles. The molecular formula is C8H17O4P. The second kappa shape index (κ2) is 6.33. The Balaban J connectivity index is 3.72. The molecule has 0 aliphatic carbocycles. The molecule has 5 heteroatoms. The van der Waals surface area contributed by atoms with Crippen molar-refractivity contribution in [3.05, 3.63) is 12.7 Å². The van der Waals surface area contributed by atoms with Crippen molar-refractivity contribution in [2.24, 2.45) is 5.92 Å². The van der Waals surface area contributed by atoms with Crippen molar-refractivity contribution in [1.29, 1.82) is 0 Å². The minimum atomic E-state index is -4.31. The Morgan fingerprint density at radius 2 is 2.23 bits per heavy atom. The van der Waals surface area contributed by atoms with Gasteiger partial charge in [0.25, 0.3) is 0 Å². The second-order valence-electron chi connectivity index (χ2n) is 2.92. The molecule has 0 rings (SSSR count). The quantitative estimate of drug-likeness (QED) is 0.496. The first-order valence-electron chi connectivity index (χ1n) is 4.32. The Bertz CT molecular complexity index is 187. The molecule has 0 spiro atoms. The summed E-state index contributed by atoms with van der Waals surface area (Å²) in [5.41, 5.74) is 0. The third-order valence-electron chi connectivity index (χ3n) is 1.72. The molecule has 78 valence electrons. The predicted molar refractivity (Wildman–Crippen MR) is 51.2 cm³/mol. The van der Waals surface area contributed by atoms with Gasteiger partial charge in [-0.3, -0.25) is 4.52 Å². The first-order valence-corrected chi connectivity index (χ1v) is 5.85. The fourth-order valence-corrected chi connectivity index (χ4v) is 1.31. The zero-order chi connectivity index (χ0) is 10.3. The molecule has 0 fully saturated rings. The molecule has 0 amide bonds. The lowest BCUT2D eigenvalue weighted by atomic mass is 10.0. The highest BCUT2D eigenvalue weighted by atomic mass is 31.2. The number of hydrogen-bond acceptors (Lipinski definition) is 2. The Hall–Kier alpha value is -0.150. The largest absolute Gasteiger partial charge is 0.469 e. The molecule has 2 N–H and O–H groups in total. The summed E-state index contributed by atoms with van der Waals surface area (Å²) in [7, 11) is -4.31. The van der Waals surface area contributed by atoms with Gasteiger partial charge in [-0.1, -0.05) is 25.8 Å². The first kappa shape index (κ1) is 12.8. The Labute approximate surface area is 78.9 Å². The van der Waals surface area contributed by atoms with Gasteiger partial charge in [0.15, 0.2) is 0 Å². The van der Waals surface area contributed by atoms with Gasteiger partial charge in [-0.05, 0) is 6.42 Å². The molecule has 4 nitrogen and oxygen atoms in total. The number of rotatable bonds is 7. The Kier molecular flexibility index (Phi) is 6.25. The van der Waals surface area contributed by atoms with Crippen molar-refractivity contribution >= 4 is 7.82 Å². The van der Waals surface area contributed by atoms with Crippen LogP contribution in [0, 0.1) is 5.92 Å². The predicted octanol–water partition coefficient (Wildman–Crippen LogP) is 2.09. The van der Waals surface area contributed by atoms with Crippen LogP contribution in [-0.2, 0) is 9.09 Å². The fourth-order valence-electron chi connectivity index (χ4n) is 0.928. The fraction of sp³-hybridized carbons (Fsp3) is 0.750. The summed E-state index contributed by atoms with van der Waals surface area (Å²) < 4.78 is 14.7. The van der Waals surface area contributed by atoms with E-state index in [9.17, 15) is 4.57 Å². The number of unbranched alkanes of at least 4 members (excludes halogenated alkanes) is 1. The van der Waals surface area contributed by atoms with Gasteiger partial charge in [-0.25, -0.2) is 4.57 Å². The van der Waals surface area contributed by atoms with E-state index in [2.05, 4.69) is 18.0 Å². The van der Waals surface area contributed by atoms with Gasteiger partial charge in [0.05, 0.1) is 6.61 Å². The highest BCUT2D eigenvalue weighted by molar-refractivity contribution is 7.46. The molecule has 1 atom stereocenters. The van der Waals surface area contributed by atoms with Crippen LogP contribution in [0.5, 0.6) is 0 Å². The van der Waals surface area contributed by atoms with E-state index < -0.39 is 7.82 Å². The van der Waals surface area contributed by atoms with E-state index in [4.69, 9.17) is 9.79 Å². The Morgan fingerprint density at radius 3 is 2.62 bits per heavy atom. The summed E-state index contributed by atoms with van der Waals surface area (Å²) in [5.74, 6) is 0.0348. The summed E-state index contributed by atoms with van der Waals surface area (Å²) in [4.78, 5) is 16.9. The third-order valence-corrected chi connectivity index (χ3v) is 2.20. The van der Waals surface area contributed by atoms with E-state index in [1.54, 1.807) is 6.08 Å². The summed E-state index contributed by atoms with van der Waals surface area (Å²) >= 11 is 0. The Morgan fingerprint density at radius 1 is 1.62 bits per heavy atom. The van der Waals surface area contributed by atoms with E-state index in [1.165, 1.54) is 0 Å². The standard InChI is InChI=1S/C8H17O4P/c1-3-5-6-8(4-2)7-12-13(9,10)11/h4,8H,2-3,5-7H2,1H3,(H2,9,10,11). The molecule has 1 unspecified atom stereocenters. The molecular weight excluding hydrogens is 191 g/mol. The minimum absolute atomic E-state index is 0.0348. The lowest BCUT2D eigenvalue weighted by Crippen LogP contribution is -2.05. The number of phosphoric acid groups is 1. The average molecular weight is 208 g/mol. The zero-order valence-electron chi connectivity index (χ0n) is 7.85. The molecule has 0 aliphatic rings. The van der Waals surface area contributed by atoms with Gasteiger partial charge in [-0.2, -0.15) is 0 Å². The molecule has 0 aromatic rings. The van der Waals surface area contributed by atoms with Gasteiger partial charge in [0, 0.05) is 5.92 Å². The summed E-state index contributed by atoms with van der Waals surface area (Å²) in [6.07, 6.45) is 4.60. The molecule has 0 aromatic carbocycles. The van der Waals surface area contributed by atoms with Gasteiger partial charge in [-0.15, -0.1) is 6.58 Å². The molecule has 0 bridgehead atoms. The molecule has 0 aliphatic heterocycles. The van der Waals surface area contributed by atoms with Crippen LogP contribution in [0.15, 0.2) is 12.7 Å². The monoisotopic (exact) mass is 208 g/mol. The number of hydrogen-bond donors (Lipinski definition) is 2. The first-order chi connectivity index (χ1) is 5.99. The molecule has 0 radical (unpaired) electrons. The number of phosphoric ester groups is 1. The van der Waals surface area contributed by atoms with Gasteiger partial charge >= 0.3 is 7.82 Å². The lowest BCUT2D eigenvalue weighted by Gasteiger charge is -2.12. The SMILES string of the molecule is C=CC(CCCC)COP(=O)(O)O. The summed E-state index contributed by atoms with van der Waals surface area (Å²) in [6, 6.07) is 0. The molecule has 0 saturated carbocycles. The van der Waals surface area contributed by atoms with Crippen LogP contribution in [0.25, 0.3) is 0 Å². The summed E-state index contributed by atoms with van der Waals surface area (Å²) in [6.45, 7) is 5.69. The molecule has 0 saturated heterocycles. The summed E-state index contributed by atoms with van der Waals surface area (Å²) in [5, 5.41) is 0. The molecule has 13 heavy (non-hydrogen) atoms. The van der Waals surface area contributed by atoms with E-state index >= 15 is 0 Å². The van der Waals surface area contributed by atoms with E-state index in [-0.39, 0.29) is 12.5 Å². The maximum atomic E-state index is 10.4. The average Bonchev–Trinajstić information content (AvgIpc) is 2.03. The van der Waals surface area contributed by atoms with E-state index in [1.807, 2.05) is 0 Å². The van der Waals surface area contributed by atoms with Gasteiger partial charge in [0.2, 0.25) is 0 Å². The minimum Gasteiger partial charge on any atom is -0.303 e. The van der Waals surface area contributed by atoms with Crippen LogP contribution in [0.3, 0.4) is 0 Å². The van der Waals surface area contributed by atoms with Crippen molar-refractivity contribution in [3.63, 3.8) is 0 Å². The van der Waals surface area contributed by atoms with E-state index in [0.29, 0.717) is 0 Å². The maximum absolute atomic E-state index is 10.4. The maximum Gasteiger partial charge on any atom is 0.469 e. The second-order valence-corrected chi connectivity index (χ2v) is 4.16. The van der Waals surface area contributed by atoms with E-state index in [0.717, 1.165) is 19.3 Å². The van der Waals surface area contributed by atoms with Crippen LogP contribution in [0.2, 0.25) is 0 Å².